The van der Waals surface area contributed by atoms with Crippen LogP contribution in [0.2, 0.25) is 10.0 Å². The molecule has 3 aromatic carbocycles. The lowest BCUT2D eigenvalue weighted by Gasteiger charge is -2.44. The van der Waals surface area contributed by atoms with Gasteiger partial charge in [0.2, 0.25) is 0 Å². The third-order valence-corrected chi connectivity index (χ3v) is 10.4. The molecule has 0 spiro atoms. The monoisotopic (exact) mass is 877 g/mol. The van der Waals surface area contributed by atoms with E-state index in [0.29, 0.717) is 50.9 Å². The number of carbonyl (C=O) groups is 4. The molecule has 60 heavy (non-hydrogen) atoms. The normalized spacial score (nSPS) is 17.8. The van der Waals surface area contributed by atoms with Crippen LogP contribution >= 0.6 is 23.2 Å². The minimum atomic E-state index is -5.08. The number of aliphatic carboxylic acids is 1. The average Bonchev–Trinajstić information content (AvgIpc) is 3.23. The van der Waals surface area contributed by atoms with Gasteiger partial charge in [-0.15, -0.1) is 0 Å². The Kier molecular flexibility index (Phi) is 15.5. The van der Waals surface area contributed by atoms with E-state index in [1.807, 2.05) is 6.07 Å². The van der Waals surface area contributed by atoms with Gasteiger partial charge in [0.1, 0.15) is 28.9 Å². The number of hydrogen-bond donors (Lipinski definition) is 2. The van der Waals surface area contributed by atoms with E-state index in [9.17, 15) is 32.8 Å². The Labute approximate surface area is 352 Å². The number of methoxy groups -OCH3 is 2. The maximum atomic E-state index is 13.6. The molecule has 3 aliphatic rings. The molecule has 0 radical (unpaired) electrons. The number of carbonyl (C=O) groups excluding carboxylic acids is 3. The first-order chi connectivity index (χ1) is 28.6. The zero-order valence-electron chi connectivity index (χ0n) is 32.2. The smallest absolute Gasteiger partial charge is 0.490 e. The van der Waals surface area contributed by atoms with Gasteiger partial charge in [-0.3, -0.25) is 4.90 Å². The van der Waals surface area contributed by atoms with E-state index in [1.165, 1.54) is 26.6 Å². The fraction of sp³-hybridized carbons (Fsp3) is 0.341. The Morgan fingerprint density at radius 3 is 2.15 bits per heavy atom. The van der Waals surface area contributed by atoms with Crippen LogP contribution in [-0.4, -0.2) is 80.1 Å². The van der Waals surface area contributed by atoms with Gasteiger partial charge in [0.15, 0.2) is 29.9 Å². The van der Waals surface area contributed by atoms with E-state index >= 15 is 0 Å². The van der Waals surface area contributed by atoms with Gasteiger partial charge in [-0.05, 0) is 72.8 Å². The summed E-state index contributed by atoms with van der Waals surface area (Å²) in [6.07, 6.45) is -2.74. The van der Waals surface area contributed by atoms with E-state index in [0.717, 1.165) is 25.9 Å². The molecule has 2 bridgehead atoms. The van der Waals surface area contributed by atoms with Crippen molar-refractivity contribution in [1.82, 2.24) is 10.2 Å². The molecule has 3 saturated heterocycles. The maximum Gasteiger partial charge on any atom is 0.490 e. The molecule has 3 aliphatic heterocycles. The first-order valence-electron chi connectivity index (χ1n) is 18.4. The summed E-state index contributed by atoms with van der Waals surface area (Å²) in [4.78, 5) is 51.3. The van der Waals surface area contributed by atoms with Crippen LogP contribution < -0.4 is 19.5 Å². The maximum absolute atomic E-state index is 13.6. The molecule has 2 unspecified atom stereocenters. The predicted molar refractivity (Wildman–Crippen MR) is 209 cm³/mol. The van der Waals surface area contributed by atoms with Crippen molar-refractivity contribution >= 4 is 47.2 Å². The van der Waals surface area contributed by atoms with Crippen LogP contribution in [0, 0.1) is 11.1 Å². The first kappa shape index (κ1) is 45.3. The zero-order chi connectivity index (χ0) is 43.6. The highest BCUT2D eigenvalue weighted by Crippen LogP contribution is 2.36. The minimum absolute atomic E-state index is 0.0351. The third-order valence-electron chi connectivity index (χ3n) is 9.75. The Hall–Kier alpha value is -5.78. The van der Waals surface area contributed by atoms with E-state index < -0.39 is 42.3 Å². The van der Waals surface area contributed by atoms with Crippen LogP contribution in [0.4, 0.5) is 18.0 Å². The SMILES string of the molecule is COc1ccc(C(Cc2c(Cl)c[n+]([O-])cc2Cl)OC(=O)c2cccc(COC(=O)NC(C(=O)O[C@H]3CN4CCC3CC4)c3ccccc3)c2)cc1OC.O=C(O)C(F)(F)F. The van der Waals surface area contributed by atoms with Crippen molar-refractivity contribution in [2.45, 2.75) is 50.3 Å². The lowest BCUT2D eigenvalue weighted by Crippen LogP contribution is -2.52. The van der Waals surface area contributed by atoms with Crippen molar-refractivity contribution in [3.8, 4) is 11.5 Å². The second-order valence-electron chi connectivity index (χ2n) is 13.7. The number of carboxylic acid groups (broad SMARTS) is 1. The summed E-state index contributed by atoms with van der Waals surface area (Å²) in [6, 6.07) is 19.3. The topological polar surface area (TPSA) is 177 Å². The van der Waals surface area contributed by atoms with Crippen molar-refractivity contribution in [1.29, 1.82) is 0 Å². The van der Waals surface area contributed by atoms with Gasteiger partial charge in [0.25, 0.3) is 0 Å². The number of carboxylic acids is 1. The number of alkyl halides is 3. The second-order valence-corrected chi connectivity index (χ2v) is 14.5. The summed E-state index contributed by atoms with van der Waals surface area (Å²) in [7, 11) is 2.99. The summed E-state index contributed by atoms with van der Waals surface area (Å²) < 4.78 is 60.5. The number of aromatic nitrogens is 1. The van der Waals surface area contributed by atoms with E-state index in [4.69, 9.17) is 56.8 Å². The van der Waals surface area contributed by atoms with E-state index in [1.54, 1.807) is 66.7 Å². The summed E-state index contributed by atoms with van der Waals surface area (Å²) in [5.41, 5.74) is 2.20. The number of nitrogens with zero attached hydrogens (tertiary/aromatic N) is 2. The molecule has 3 fully saturated rings. The van der Waals surface area contributed by atoms with Gasteiger partial charge in [-0.2, -0.15) is 17.9 Å². The van der Waals surface area contributed by atoms with Gasteiger partial charge in [-0.1, -0.05) is 71.7 Å². The van der Waals surface area contributed by atoms with Crippen LogP contribution in [0.25, 0.3) is 0 Å². The Morgan fingerprint density at radius 2 is 1.57 bits per heavy atom. The number of ether oxygens (including phenoxy) is 5. The predicted octanol–water partition coefficient (Wildman–Crippen LogP) is 7.02. The minimum Gasteiger partial charge on any atom is -0.619 e. The standard InChI is InChI=1S/C39H39Cl2N3O9.C2HF3O2/c1-49-32-12-11-27(18-34(32)50-2)33(19-29-30(40)20-44(48)21-31(29)41)52-37(45)28-10-6-7-24(17-28)23-51-39(47)42-36(26-8-4-3-5-9-26)38(46)53-35-22-43-15-13-25(35)14-16-43;3-2(4,5)1(6)7/h3-12,17-18,20-21,25,33,35-36H,13-16,19,22-23H2,1-2H3,(H,42,47);(H,6,7)/t33?,35-,36?;/m0./s1. The van der Waals surface area contributed by atoms with Crippen LogP contribution in [0.3, 0.4) is 0 Å². The third kappa shape index (κ3) is 12.1. The molecule has 0 saturated carbocycles. The van der Waals surface area contributed by atoms with Gasteiger partial charge >= 0.3 is 30.2 Å². The first-order valence-corrected chi connectivity index (χ1v) is 19.1. The molecule has 3 atom stereocenters. The van der Waals surface area contributed by atoms with Gasteiger partial charge in [-0.25, -0.2) is 19.2 Å². The van der Waals surface area contributed by atoms with E-state index in [-0.39, 0.29) is 34.7 Å². The lowest BCUT2D eigenvalue weighted by atomic mass is 9.86. The number of esters is 2. The molecule has 320 valence electrons. The van der Waals surface area contributed by atoms with Crippen LogP contribution in [0.5, 0.6) is 11.5 Å². The van der Waals surface area contributed by atoms with Gasteiger partial charge in [0, 0.05) is 18.5 Å². The number of benzene rings is 3. The fourth-order valence-electron chi connectivity index (χ4n) is 6.67. The van der Waals surface area contributed by atoms with Crippen molar-refractivity contribution in [3.63, 3.8) is 0 Å². The number of hydrogen-bond acceptors (Lipinski definition) is 11. The summed E-state index contributed by atoms with van der Waals surface area (Å²) in [6.45, 7) is 2.49. The highest BCUT2D eigenvalue weighted by Gasteiger charge is 2.39. The number of pyridine rings is 1. The molecule has 4 aromatic rings. The number of alkyl carbamates (subject to hydrolysis) is 1. The molecule has 2 N–H and O–H groups in total. The molecule has 1 amide bonds. The number of piperidine rings is 3. The molecule has 4 heterocycles. The number of rotatable bonds is 13. The van der Waals surface area contributed by atoms with Crippen molar-refractivity contribution in [3.05, 3.63) is 128 Å². The Balaban J connectivity index is 0.000000896. The quantitative estimate of drug-likeness (QED) is 0.0608. The molecule has 0 aliphatic carbocycles. The van der Waals surface area contributed by atoms with Crippen molar-refractivity contribution in [2.24, 2.45) is 5.92 Å². The highest BCUT2D eigenvalue weighted by atomic mass is 35.5. The number of amides is 1. The average molecular weight is 879 g/mol. The zero-order valence-corrected chi connectivity index (χ0v) is 33.7. The van der Waals surface area contributed by atoms with Crippen molar-refractivity contribution in [2.75, 3.05) is 33.9 Å². The summed E-state index contributed by atoms with van der Waals surface area (Å²) in [5, 5.41) is 21.9. The van der Waals surface area contributed by atoms with Gasteiger partial charge in [0.05, 0.1) is 19.8 Å². The van der Waals surface area contributed by atoms with Crippen LogP contribution in [0.1, 0.15) is 57.6 Å². The van der Waals surface area contributed by atoms with Gasteiger partial charge < -0.3 is 39.3 Å². The Bertz CT molecular complexity index is 2130. The number of halogens is 5. The number of nitrogens with one attached hydrogen (secondary N) is 1. The molecular formula is C41H40Cl2F3N3O11. The second kappa shape index (κ2) is 20.5. The molecule has 19 heteroatoms. The Morgan fingerprint density at radius 1 is 0.917 bits per heavy atom. The fourth-order valence-corrected chi connectivity index (χ4v) is 7.27. The molecule has 7 rings (SSSR count). The molecule has 14 nitrogen and oxygen atoms in total. The number of fused-ring (bicyclic) bond motifs is 3. The largest absolute Gasteiger partial charge is 0.619 e. The molecular weight excluding hydrogens is 838 g/mol. The highest BCUT2D eigenvalue weighted by molar-refractivity contribution is 6.35. The molecule has 1 aromatic heterocycles. The van der Waals surface area contributed by atoms with Crippen LogP contribution in [0.15, 0.2) is 85.2 Å². The lowest BCUT2D eigenvalue weighted by molar-refractivity contribution is -0.605. The summed E-state index contributed by atoms with van der Waals surface area (Å²) >= 11 is 12.8. The van der Waals surface area contributed by atoms with Crippen molar-refractivity contribution < 1.29 is 65.9 Å². The summed E-state index contributed by atoms with van der Waals surface area (Å²) in [5.74, 6) is -2.80. The van der Waals surface area contributed by atoms with E-state index in [2.05, 4.69) is 10.2 Å². The van der Waals surface area contributed by atoms with Crippen LogP contribution in [-0.2, 0) is 36.8 Å².